The number of carbonyl (C=O) groups is 1. The molecule has 1 saturated heterocycles. The number of benzene rings is 1. The molecule has 0 bridgehead atoms. The van der Waals surface area contributed by atoms with E-state index in [-0.39, 0.29) is 10.9 Å². The lowest BCUT2D eigenvalue weighted by atomic mass is 10.1. The zero-order chi connectivity index (χ0) is 17.6. The number of halogens is 1. The molecule has 1 aromatic heterocycles. The van der Waals surface area contributed by atoms with Gasteiger partial charge in [0.25, 0.3) is 0 Å². The Balaban J connectivity index is 2.26. The highest BCUT2D eigenvalue weighted by Gasteiger charge is 2.31. The molecule has 1 aliphatic rings. The van der Waals surface area contributed by atoms with E-state index in [1.165, 1.54) is 6.20 Å². The third-order valence-electron chi connectivity index (χ3n) is 4.60. The minimum absolute atomic E-state index is 0.136. The maximum Gasteiger partial charge on any atom is 0.341 e. The van der Waals surface area contributed by atoms with Crippen molar-refractivity contribution >= 4 is 40.2 Å². The van der Waals surface area contributed by atoms with E-state index < -0.39 is 11.4 Å². The minimum atomic E-state index is -1.22. The Bertz CT molecular complexity index is 880. The second kappa shape index (κ2) is 6.43. The molecule has 1 aromatic carbocycles. The summed E-state index contributed by atoms with van der Waals surface area (Å²) in [5, 5.41) is 10.2. The third-order valence-corrected chi connectivity index (χ3v) is 6.50. The van der Waals surface area contributed by atoms with E-state index >= 15 is 0 Å². The highest BCUT2D eigenvalue weighted by atomic mass is 35.5. The van der Waals surface area contributed by atoms with E-state index in [0.29, 0.717) is 23.0 Å². The van der Waals surface area contributed by atoms with Crippen molar-refractivity contribution in [1.82, 2.24) is 9.47 Å². The molecule has 24 heavy (non-hydrogen) atoms. The van der Waals surface area contributed by atoms with Gasteiger partial charge in [-0.2, -0.15) is 0 Å². The molecule has 2 heterocycles. The van der Waals surface area contributed by atoms with Gasteiger partial charge < -0.3 is 9.67 Å². The molecule has 2 atom stereocenters. The standard InChI is InChI=1S/C17H19ClN2O3S/c1-4-20-7-12(17(22)23)15(21)11-5-13(18)10(6-14(11)20)16-19(3)9(2)8-24-16/h5-7,9,16H,4,8H2,1-3H3,(H,22,23). The van der Waals surface area contributed by atoms with Crippen LogP contribution in [0.2, 0.25) is 5.02 Å². The Labute approximate surface area is 149 Å². The minimum Gasteiger partial charge on any atom is -0.477 e. The lowest BCUT2D eigenvalue weighted by Gasteiger charge is -2.24. The maximum absolute atomic E-state index is 12.5. The van der Waals surface area contributed by atoms with Crippen LogP contribution in [0.25, 0.3) is 10.9 Å². The number of nitrogens with zero attached hydrogens (tertiary/aromatic N) is 2. The average molecular weight is 367 g/mol. The Kier molecular flexibility index (Phi) is 4.64. The van der Waals surface area contributed by atoms with Crippen LogP contribution in [-0.4, -0.2) is 39.4 Å². The number of carboxylic acids is 1. The van der Waals surface area contributed by atoms with E-state index in [9.17, 15) is 14.7 Å². The molecule has 1 aliphatic heterocycles. The summed E-state index contributed by atoms with van der Waals surface area (Å²) in [7, 11) is 2.07. The third kappa shape index (κ3) is 2.72. The first-order valence-electron chi connectivity index (χ1n) is 7.78. The summed E-state index contributed by atoms with van der Waals surface area (Å²) in [4.78, 5) is 26.0. The molecule has 7 heteroatoms. The normalized spacial score (nSPS) is 21.5. The molecule has 0 amide bonds. The summed E-state index contributed by atoms with van der Waals surface area (Å²) in [5.41, 5.74) is 0.969. The van der Waals surface area contributed by atoms with Gasteiger partial charge >= 0.3 is 5.97 Å². The predicted octanol–water partition coefficient (Wildman–Crippen LogP) is 3.44. The number of carboxylic acid groups (broad SMARTS) is 1. The van der Waals surface area contributed by atoms with E-state index in [0.717, 1.165) is 16.8 Å². The number of hydrogen-bond donors (Lipinski definition) is 1. The van der Waals surface area contributed by atoms with E-state index in [1.54, 1.807) is 10.6 Å². The van der Waals surface area contributed by atoms with Gasteiger partial charge in [-0.05, 0) is 33.0 Å². The van der Waals surface area contributed by atoms with Crippen LogP contribution in [0.15, 0.2) is 23.1 Å². The fraction of sp³-hybridized carbons (Fsp3) is 0.412. The van der Waals surface area contributed by atoms with Crippen LogP contribution < -0.4 is 5.43 Å². The van der Waals surface area contributed by atoms with Crippen molar-refractivity contribution in [3.8, 4) is 0 Å². The quantitative estimate of drug-likeness (QED) is 0.901. The molecule has 1 fully saturated rings. The molecule has 1 N–H and O–H groups in total. The molecule has 0 radical (unpaired) electrons. The molecule has 0 saturated carbocycles. The first-order chi connectivity index (χ1) is 11.3. The van der Waals surface area contributed by atoms with Gasteiger partial charge in [0.1, 0.15) is 5.56 Å². The second-order valence-electron chi connectivity index (χ2n) is 6.05. The molecule has 2 unspecified atom stereocenters. The Morgan fingerprint density at radius 2 is 2.17 bits per heavy atom. The SMILES string of the molecule is CCn1cc(C(=O)O)c(=O)c2cc(Cl)c(C3SCC(C)N3C)cc21. The van der Waals surface area contributed by atoms with Gasteiger partial charge in [-0.15, -0.1) is 11.8 Å². The van der Waals surface area contributed by atoms with Crippen LogP contribution >= 0.6 is 23.4 Å². The molecule has 5 nitrogen and oxygen atoms in total. The Morgan fingerprint density at radius 1 is 1.46 bits per heavy atom. The van der Waals surface area contributed by atoms with Crippen LogP contribution in [0, 0.1) is 0 Å². The first kappa shape index (κ1) is 17.3. The van der Waals surface area contributed by atoms with Crippen LogP contribution in [0.3, 0.4) is 0 Å². The topological polar surface area (TPSA) is 62.5 Å². The van der Waals surface area contributed by atoms with Crippen molar-refractivity contribution in [2.24, 2.45) is 0 Å². The number of pyridine rings is 1. The summed E-state index contributed by atoms with van der Waals surface area (Å²) < 4.78 is 1.79. The highest BCUT2D eigenvalue weighted by molar-refractivity contribution is 7.99. The fourth-order valence-corrected chi connectivity index (χ4v) is 4.88. The number of fused-ring (bicyclic) bond motifs is 1. The summed E-state index contributed by atoms with van der Waals surface area (Å²) in [6.45, 7) is 4.66. The van der Waals surface area contributed by atoms with Gasteiger partial charge in [0, 0.05) is 40.5 Å². The van der Waals surface area contributed by atoms with Gasteiger partial charge in [-0.3, -0.25) is 9.69 Å². The molecule has 128 valence electrons. The van der Waals surface area contributed by atoms with Crippen molar-refractivity contribution in [3.63, 3.8) is 0 Å². The number of thioether (sulfide) groups is 1. The monoisotopic (exact) mass is 366 g/mol. The van der Waals surface area contributed by atoms with Gasteiger partial charge in [0.2, 0.25) is 5.43 Å². The number of aryl methyl sites for hydroxylation is 1. The first-order valence-corrected chi connectivity index (χ1v) is 9.21. The molecule has 3 rings (SSSR count). The Hall–Kier alpha value is -1.50. The molecular weight excluding hydrogens is 348 g/mol. The highest BCUT2D eigenvalue weighted by Crippen LogP contribution is 2.43. The zero-order valence-electron chi connectivity index (χ0n) is 13.7. The number of aromatic carboxylic acids is 1. The lowest BCUT2D eigenvalue weighted by Crippen LogP contribution is -2.26. The van der Waals surface area contributed by atoms with Crippen molar-refractivity contribution in [3.05, 3.63) is 44.7 Å². The van der Waals surface area contributed by atoms with E-state index in [4.69, 9.17) is 11.6 Å². The van der Waals surface area contributed by atoms with E-state index in [2.05, 4.69) is 18.9 Å². The zero-order valence-corrected chi connectivity index (χ0v) is 15.3. The number of hydrogen-bond acceptors (Lipinski definition) is 4. The summed E-state index contributed by atoms with van der Waals surface area (Å²) in [6.07, 6.45) is 1.42. The molecule has 0 aliphatic carbocycles. The Morgan fingerprint density at radius 3 is 2.71 bits per heavy atom. The molecule has 0 spiro atoms. The van der Waals surface area contributed by atoms with Crippen molar-refractivity contribution in [2.75, 3.05) is 12.8 Å². The van der Waals surface area contributed by atoms with Crippen molar-refractivity contribution in [2.45, 2.75) is 31.8 Å². The van der Waals surface area contributed by atoms with Crippen LogP contribution in [0.5, 0.6) is 0 Å². The summed E-state index contributed by atoms with van der Waals surface area (Å²) in [6, 6.07) is 4.00. The fourth-order valence-electron chi connectivity index (χ4n) is 3.04. The van der Waals surface area contributed by atoms with Gasteiger partial charge in [-0.1, -0.05) is 11.6 Å². The lowest BCUT2D eigenvalue weighted by molar-refractivity contribution is 0.0695. The smallest absolute Gasteiger partial charge is 0.341 e. The van der Waals surface area contributed by atoms with E-state index in [1.807, 2.05) is 24.8 Å². The molecular formula is C17H19ClN2O3S. The maximum atomic E-state index is 12.5. The largest absolute Gasteiger partial charge is 0.477 e. The van der Waals surface area contributed by atoms with Gasteiger partial charge in [-0.25, -0.2) is 4.79 Å². The van der Waals surface area contributed by atoms with Crippen LogP contribution in [0.1, 0.15) is 35.1 Å². The van der Waals surface area contributed by atoms with Crippen molar-refractivity contribution < 1.29 is 9.90 Å². The summed E-state index contributed by atoms with van der Waals surface area (Å²) in [5.74, 6) is -0.196. The average Bonchev–Trinajstić information content (AvgIpc) is 2.87. The van der Waals surface area contributed by atoms with Crippen LogP contribution in [-0.2, 0) is 6.54 Å². The second-order valence-corrected chi connectivity index (χ2v) is 7.57. The predicted molar refractivity (Wildman–Crippen MR) is 98.3 cm³/mol. The van der Waals surface area contributed by atoms with Crippen molar-refractivity contribution in [1.29, 1.82) is 0 Å². The summed E-state index contributed by atoms with van der Waals surface area (Å²) >= 11 is 8.28. The number of aromatic nitrogens is 1. The number of rotatable bonds is 3. The van der Waals surface area contributed by atoms with Crippen LogP contribution in [0.4, 0.5) is 0 Å². The van der Waals surface area contributed by atoms with Gasteiger partial charge in [0.05, 0.1) is 10.9 Å². The van der Waals surface area contributed by atoms with Gasteiger partial charge in [0.15, 0.2) is 0 Å². The molecule has 2 aromatic rings.